The molecule has 7 heteroatoms. The van der Waals surface area contributed by atoms with Crippen molar-refractivity contribution >= 4 is 17.7 Å². The van der Waals surface area contributed by atoms with Crippen LogP contribution in [-0.4, -0.2) is 34.3 Å². The van der Waals surface area contributed by atoms with Gasteiger partial charge in [0.1, 0.15) is 11.5 Å². The van der Waals surface area contributed by atoms with Crippen molar-refractivity contribution in [2.45, 2.75) is 19.4 Å². The Kier molecular flexibility index (Phi) is 5.34. The second-order valence-corrected chi connectivity index (χ2v) is 7.06. The standard InChI is InChI=1S/C23H20N2O5/c26-17-8-5-15(6-9-17)3-1-11-24-21(27)16-7-10-19-20(13-16)23(29)25(22(19)28)14-18-4-2-12-30-18/h2,4-10,12-13,26H,1,3,11,14H2,(H,24,27). The summed E-state index contributed by atoms with van der Waals surface area (Å²) in [7, 11) is 0. The number of aryl methyl sites for hydroxylation is 1. The van der Waals surface area contributed by atoms with Gasteiger partial charge in [0.25, 0.3) is 17.7 Å². The number of nitrogens with one attached hydrogen (secondary N) is 1. The Morgan fingerprint density at radius 3 is 2.50 bits per heavy atom. The summed E-state index contributed by atoms with van der Waals surface area (Å²) >= 11 is 0. The molecule has 2 aromatic carbocycles. The minimum absolute atomic E-state index is 0.0537. The van der Waals surface area contributed by atoms with Crippen LogP contribution in [0, 0.1) is 0 Å². The smallest absolute Gasteiger partial charge is 0.261 e. The minimum Gasteiger partial charge on any atom is -0.508 e. The minimum atomic E-state index is -0.437. The molecule has 1 aromatic heterocycles. The Balaban J connectivity index is 1.36. The summed E-state index contributed by atoms with van der Waals surface area (Å²) in [5, 5.41) is 12.1. The van der Waals surface area contributed by atoms with E-state index in [1.807, 2.05) is 12.1 Å². The van der Waals surface area contributed by atoms with Gasteiger partial charge >= 0.3 is 0 Å². The largest absolute Gasteiger partial charge is 0.508 e. The number of carbonyl (C=O) groups is 3. The van der Waals surface area contributed by atoms with Gasteiger partial charge in [-0.1, -0.05) is 12.1 Å². The van der Waals surface area contributed by atoms with Crippen LogP contribution in [0.2, 0.25) is 0 Å². The fourth-order valence-corrected chi connectivity index (χ4v) is 3.39. The Labute approximate surface area is 172 Å². The first-order chi connectivity index (χ1) is 14.5. The number of phenols is 1. The molecule has 3 aromatic rings. The van der Waals surface area contributed by atoms with Crippen LogP contribution in [-0.2, 0) is 13.0 Å². The summed E-state index contributed by atoms with van der Waals surface area (Å²) in [6.45, 7) is 0.520. The summed E-state index contributed by atoms with van der Waals surface area (Å²) in [5.74, 6) is -0.399. The van der Waals surface area contributed by atoms with Crippen molar-refractivity contribution in [1.29, 1.82) is 0 Å². The average Bonchev–Trinajstić information content (AvgIpc) is 3.35. The number of hydrogen-bond acceptors (Lipinski definition) is 5. The number of carbonyl (C=O) groups excluding carboxylic acids is 3. The lowest BCUT2D eigenvalue weighted by Crippen LogP contribution is -2.28. The molecule has 0 aliphatic carbocycles. The monoisotopic (exact) mass is 404 g/mol. The molecule has 0 fully saturated rings. The molecule has 7 nitrogen and oxygen atoms in total. The summed E-state index contributed by atoms with van der Waals surface area (Å²) < 4.78 is 5.22. The lowest BCUT2D eigenvalue weighted by Gasteiger charge is -2.11. The molecule has 0 radical (unpaired) electrons. The zero-order valence-corrected chi connectivity index (χ0v) is 16.1. The maximum atomic E-state index is 12.7. The zero-order chi connectivity index (χ0) is 21.1. The molecule has 0 spiro atoms. The Morgan fingerprint density at radius 2 is 1.77 bits per heavy atom. The molecule has 0 atom stereocenters. The topological polar surface area (TPSA) is 99.8 Å². The highest BCUT2D eigenvalue weighted by Gasteiger charge is 2.36. The van der Waals surface area contributed by atoms with Gasteiger partial charge in [0.2, 0.25) is 0 Å². The van der Waals surface area contributed by atoms with E-state index in [2.05, 4.69) is 5.32 Å². The van der Waals surface area contributed by atoms with Gasteiger partial charge in [-0.05, 0) is 60.9 Å². The van der Waals surface area contributed by atoms with E-state index in [1.165, 1.54) is 18.4 Å². The summed E-state index contributed by atoms with van der Waals surface area (Å²) in [6.07, 6.45) is 2.98. The average molecular weight is 404 g/mol. The highest BCUT2D eigenvalue weighted by atomic mass is 16.3. The number of benzene rings is 2. The van der Waals surface area contributed by atoms with Gasteiger partial charge in [0.15, 0.2) is 0 Å². The van der Waals surface area contributed by atoms with Gasteiger partial charge in [-0.2, -0.15) is 0 Å². The number of fused-ring (bicyclic) bond motifs is 1. The van der Waals surface area contributed by atoms with Gasteiger partial charge in [-0.15, -0.1) is 0 Å². The molecule has 2 heterocycles. The highest BCUT2D eigenvalue weighted by molar-refractivity contribution is 6.22. The molecule has 1 aliphatic rings. The molecular formula is C23H20N2O5. The van der Waals surface area contributed by atoms with Crippen LogP contribution >= 0.6 is 0 Å². The highest BCUT2D eigenvalue weighted by Crippen LogP contribution is 2.25. The molecule has 0 bridgehead atoms. The van der Waals surface area contributed by atoms with E-state index in [1.54, 1.807) is 30.3 Å². The molecule has 152 valence electrons. The number of rotatable bonds is 7. The van der Waals surface area contributed by atoms with Crippen LogP contribution in [0.1, 0.15) is 48.8 Å². The first-order valence-electron chi connectivity index (χ1n) is 9.61. The van der Waals surface area contributed by atoms with Crippen LogP contribution in [0.5, 0.6) is 5.75 Å². The summed E-state index contributed by atoms with van der Waals surface area (Å²) in [4.78, 5) is 38.8. The van der Waals surface area contributed by atoms with E-state index in [0.29, 0.717) is 17.9 Å². The number of aromatic hydroxyl groups is 1. The van der Waals surface area contributed by atoms with Gasteiger partial charge in [0, 0.05) is 12.1 Å². The van der Waals surface area contributed by atoms with Gasteiger partial charge < -0.3 is 14.8 Å². The fraction of sp³-hybridized carbons (Fsp3) is 0.174. The predicted molar refractivity (Wildman–Crippen MR) is 108 cm³/mol. The molecular weight excluding hydrogens is 384 g/mol. The summed E-state index contributed by atoms with van der Waals surface area (Å²) in [5.41, 5.74) is 1.92. The van der Waals surface area contributed by atoms with Crippen molar-refractivity contribution < 1.29 is 23.9 Å². The number of nitrogens with zero attached hydrogens (tertiary/aromatic N) is 1. The first kappa shape index (κ1) is 19.4. The van der Waals surface area contributed by atoms with Crippen molar-refractivity contribution in [2.24, 2.45) is 0 Å². The van der Waals surface area contributed by atoms with E-state index in [-0.39, 0.29) is 29.3 Å². The maximum absolute atomic E-state index is 12.7. The van der Waals surface area contributed by atoms with Crippen LogP contribution < -0.4 is 5.32 Å². The molecule has 0 unspecified atom stereocenters. The van der Waals surface area contributed by atoms with Gasteiger partial charge in [0.05, 0.1) is 23.9 Å². The zero-order valence-electron chi connectivity index (χ0n) is 16.1. The third-order valence-electron chi connectivity index (χ3n) is 4.99. The van der Waals surface area contributed by atoms with E-state index >= 15 is 0 Å². The Hall–Kier alpha value is -3.87. The lowest BCUT2D eigenvalue weighted by molar-refractivity contribution is 0.0631. The Morgan fingerprint density at radius 1 is 1.00 bits per heavy atom. The molecule has 2 N–H and O–H groups in total. The Bertz CT molecular complexity index is 1090. The fourth-order valence-electron chi connectivity index (χ4n) is 3.39. The first-order valence-corrected chi connectivity index (χ1v) is 9.61. The third-order valence-corrected chi connectivity index (χ3v) is 4.99. The van der Waals surface area contributed by atoms with E-state index in [4.69, 9.17) is 4.42 Å². The van der Waals surface area contributed by atoms with Crippen molar-refractivity contribution in [3.63, 3.8) is 0 Å². The second-order valence-electron chi connectivity index (χ2n) is 7.06. The molecule has 30 heavy (non-hydrogen) atoms. The molecule has 3 amide bonds. The molecule has 0 saturated heterocycles. The van der Waals surface area contributed by atoms with Crippen molar-refractivity contribution in [2.75, 3.05) is 6.54 Å². The van der Waals surface area contributed by atoms with Crippen LogP contribution in [0.4, 0.5) is 0 Å². The third kappa shape index (κ3) is 3.96. The summed E-state index contributed by atoms with van der Waals surface area (Å²) in [6, 6.07) is 14.9. The van der Waals surface area contributed by atoms with E-state index in [9.17, 15) is 19.5 Å². The SMILES string of the molecule is O=C(NCCCc1ccc(O)cc1)c1ccc2c(c1)C(=O)N(Cc1ccco1)C2=O. The van der Waals surface area contributed by atoms with Crippen LogP contribution in [0.15, 0.2) is 65.3 Å². The number of hydrogen-bond donors (Lipinski definition) is 2. The number of imide groups is 1. The number of phenolic OH excluding ortho intramolecular Hbond substituents is 1. The quantitative estimate of drug-likeness (QED) is 0.466. The van der Waals surface area contributed by atoms with Crippen LogP contribution in [0.3, 0.4) is 0 Å². The van der Waals surface area contributed by atoms with Gasteiger partial charge in [-0.25, -0.2) is 0 Å². The van der Waals surface area contributed by atoms with Gasteiger partial charge in [-0.3, -0.25) is 19.3 Å². The maximum Gasteiger partial charge on any atom is 0.261 e. The van der Waals surface area contributed by atoms with Crippen molar-refractivity contribution in [1.82, 2.24) is 10.2 Å². The molecule has 4 rings (SSSR count). The lowest BCUT2D eigenvalue weighted by atomic mass is 10.1. The number of amides is 3. The van der Waals surface area contributed by atoms with E-state index in [0.717, 1.165) is 23.3 Å². The molecule has 1 aliphatic heterocycles. The predicted octanol–water partition coefficient (Wildman–Crippen LogP) is 3.14. The van der Waals surface area contributed by atoms with Crippen molar-refractivity contribution in [3.05, 3.63) is 88.9 Å². The van der Waals surface area contributed by atoms with Crippen molar-refractivity contribution in [3.8, 4) is 5.75 Å². The van der Waals surface area contributed by atoms with E-state index < -0.39 is 11.8 Å². The number of furan rings is 1. The van der Waals surface area contributed by atoms with Crippen LogP contribution in [0.25, 0.3) is 0 Å². The normalized spacial score (nSPS) is 12.9. The molecule has 0 saturated carbocycles. The second kappa shape index (κ2) is 8.24.